The van der Waals surface area contributed by atoms with Gasteiger partial charge in [0.25, 0.3) is 0 Å². The maximum atomic E-state index is 10.6. The molecule has 0 bridgehead atoms. The smallest absolute Gasteiger partial charge is 0.227 e. The van der Waals surface area contributed by atoms with E-state index in [4.69, 9.17) is 9.47 Å². The number of aromatic nitrogens is 1. The summed E-state index contributed by atoms with van der Waals surface area (Å²) in [6.45, 7) is 0.344. The van der Waals surface area contributed by atoms with Gasteiger partial charge >= 0.3 is 0 Å². The van der Waals surface area contributed by atoms with Crippen LogP contribution >= 0.6 is 0 Å². The van der Waals surface area contributed by atoms with Gasteiger partial charge in [-0.1, -0.05) is 30.3 Å². The highest BCUT2D eigenvalue weighted by Gasteiger charge is 2.22. The zero-order chi connectivity index (χ0) is 12.4. The van der Waals surface area contributed by atoms with E-state index in [0.29, 0.717) is 30.0 Å². The van der Waals surface area contributed by atoms with Gasteiger partial charge in [-0.25, -0.2) is 4.98 Å². The van der Waals surface area contributed by atoms with Crippen molar-refractivity contribution >= 4 is 6.29 Å². The van der Waals surface area contributed by atoms with Gasteiger partial charge in [0.1, 0.15) is 17.1 Å². The van der Waals surface area contributed by atoms with Gasteiger partial charge in [0.15, 0.2) is 6.29 Å². The molecule has 0 saturated carbocycles. The first kappa shape index (κ1) is 10.9. The third-order valence-corrected chi connectivity index (χ3v) is 2.75. The van der Waals surface area contributed by atoms with E-state index in [0.717, 1.165) is 5.56 Å². The number of pyridine rings is 1. The minimum atomic E-state index is -0.414. The maximum absolute atomic E-state index is 10.6. The monoisotopic (exact) mass is 241 g/mol. The van der Waals surface area contributed by atoms with Crippen molar-refractivity contribution in [1.29, 1.82) is 0 Å². The summed E-state index contributed by atoms with van der Waals surface area (Å²) in [5, 5.41) is 0. The molecule has 90 valence electrons. The summed E-state index contributed by atoms with van der Waals surface area (Å²) in [5.74, 6) is 0.667. The predicted octanol–water partition coefficient (Wildman–Crippen LogP) is 2.50. The van der Waals surface area contributed by atoms with Crippen LogP contribution in [0.2, 0.25) is 0 Å². The molecule has 1 atom stereocenters. The fraction of sp³-hybridized carbons (Fsp3) is 0.143. The summed E-state index contributed by atoms with van der Waals surface area (Å²) in [5.41, 5.74) is 2.01. The van der Waals surface area contributed by atoms with E-state index in [9.17, 15) is 4.79 Å². The number of carbonyl (C=O) groups excluding carboxylic acids is 1. The second-order valence-electron chi connectivity index (χ2n) is 3.97. The Balaban J connectivity index is 1.88. The van der Waals surface area contributed by atoms with Crippen molar-refractivity contribution in [3.05, 3.63) is 59.4 Å². The van der Waals surface area contributed by atoms with Crippen LogP contribution in [0.1, 0.15) is 28.0 Å². The molecule has 1 aromatic carbocycles. The van der Waals surface area contributed by atoms with Gasteiger partial charge in [-0.05, 0) is 12.1 Å². The largest absolute Gasteiger partial charge is 0.459 e. The molecule has 3 rings (SSSR count). The van der Waals surface area contributed by atoms with Crippen LogP contribution in [0.5, 0.6) is 5.75 Å². The Labute approximate surface area is 104 Å². The molecule has 1 unspecified atom stereocenters. The van der Waals surface area contributed by atoms with Crippen LogP contribution in [0.4, 0.5) is 0 Å². The number of rotatable bonds is 2. The van der Waals surface area contributed by atoms with Gasteiger partial charge in [0.2, 0.25) is 6.29 Å². The van der Waals surface area contributed by atoms with Crippen LogP contribution in [0.25, 0.3) is 0 Å². The zero-order valence-corrected chi connectivity index (χ0v) is 9.58. The van der Waals surface area contributed by atoms with Crippen molar-refractivity contribution < 1.29 is 14.3 Å². The van der Waals surface area contributed by atoms with E-state index < -0.39 is 6.29 Å². The van der Waals surface area contributed by atoms with Crippen LogP contribution in [-0.2, 0) is 11.3 Å². The molecule has 18 heavy (non-hydrogen) atoms. The predicted molar refractivity (Wildman–Crippen MR) is 64.2 cm³/mol. The van der Waals surface area contributed by atoms with Gasteiger partial charge in [-0.15, -0.1) is 0 Å². The molecule has 0 N–H and O–H groups in total. The summed E-state index contributed by atoms with van der Waals surface area (Å²) in [7, 11) is 0. The zero-order valence-electron chi connectivity index (χ0n) is 9.58. The number of carbonyl (C=O) groups is 1. The van der Waals surface area contributed by atoms with Crippen molar-refractivity contribution in [1.82, 2.24) is 4.98 Å². The standard InChI is InChI=1S/C14H11NO3/c16-8-11-6-7-13-12(15-11)9-17-14(18-13)10-4-2-1-3-5-10/h1-8,14H,9H2. The molecule has 0 radical (unpaired) electrons. The Morgan fingerprint density at radius 1 is 1.17 bits per heavy atom. The van der Waals surface area contributed by atoms with Gasteiger partial charge in [0.05, 0.1) is 6.61 Å². The summed E-state index contributed by atoms with van der Waals surface area (Å²) in [4.78, 5) is 14.8. The molecule has 0 saturated heterocycles. The Bertz CT molecular complexity index is 569. The minimum Gasteiger partial charge on any atom is -0.459 e. The first-order valence-corrected chi connectivity index (χ1v) is 5.65. The lowest BCUT2D eigenvalue weighted by atomic mass is 10.2. The summed E-state index contributed by atoms with van der Waals surface area (Å²) in [6, 6.07) is 13.1. The second kappa shape index (κ2) is 4.58. The molecule has 0 amide bonds. The number of aldehydes is 1. The number of hydrogen-bond donors (Lipinski definition) is 0. The van der Waals surface area contributed by atoms with E-state index in [1.54, 1.807) is 12.1 Å². The van der Waals surface area contributed by atoms with E-state index in [-0.39, 0.29) is 0 Å². The SMILES string of the molecule is O=Cc1ccc2c(n1)COC(c1ccccc1)O2. The molecule has 1 aliphatic heterocycles. The number of hydrogen-bond acceptors (Lipinski definition) is 4. The van der Waals surface area contributed by atoms with Gasteiger partial charge in [-0.3, -0.25) is 4.79 Å². The summed E-state index contributed by atoms with van der Waals surface area (Å²) < 4.78 is 11.3. The topological polar surface area (TPSA) is 48.4 Å². The third kappa shape index (κ3) is 1.98. The Hall–Kier alpha value is -2.20. The van der Waals surface area contributed by atoms with Crippen molar-refractivity contribution in [2.24, 2.45) is 0 Å². The van der Waals surface area contributed by atoms with Gasteiger partial charge in [-0.2, -0.15) is 0 Å². The van der Waals surface area contributed by atoms with Crippen molar-refractivity contribution in [2.75, 3.05) is 0 Å². The Morgan fingerprint density at radius 2 is 2.00 bits per heavy atom. The highest BCUT2D eigenvalue weighted by atomic mass is 16.7. The normalized spacial score (nSPS) is 17.7. The van der Waals surface area contributed by atoms with Crippen LogP contribution in [0, 0.1) is 0 Å². The summed E-state index contributed by atoms with van der Waals surface area (Å²) in [6.07, 6.45) is 0.298. The molecule has 4 heteroatoms. The fourth-order valence-electron chi connectivity index (χ4n) is 1.86. The van der Waals surface area contributed by atoms with Crippen molar-refractivity contribution in [3.63, 3.8) is 0 Å². The maximum Gasteiger partial charge on any atom is 0.227 e. The van der Waals surface area contributed by atoms with Crippen LogP contribution in [0.3, 0.4) is 0 Å². The molecule has 2 aromatic rings. The summed E-state index contributed by atoms with van der Waals surface area (Å²) >= 11 is 0. The lowest BCUT2D eigenvalue weighted by Crippen LogP contribution is -2.19. The van der Waals surface area contributed by atoms with Gasteiger partial charge in [0, 0.05) is 5.56 Å². The van der Waals surface area contributed by atoms with Crippen LogP contribution in [-0.4, -0.2) is 11.3 Å². The molecule has 1 aliphatic rings. The number of benzene rings is 1. The third-order valence-electron chi connectivity index (χ3n) is 2.75. The quantitative estimate of drug-likeness (QED) is 0.758. The Kier molecular flexibility index (Phi) is 2.78. The van der Waals surface area contributed by atoms with E-state index in [2.05, 4.69) is 4.98 Å². The Morgan fingerprint density at radius 3 is 2.78 bits per heavy atom. The molecule has 0 aliphatic carbocycles. The van der Waals surface area contributed by atoms with E-state index >= 15 is 0 Å². The molecule has 0 fully saturated rings. The molecular weight excluding hydrogens is 230 g/mol. The fourth-order valence-corrected chi connectivity index (χ4v) is 1.86. The average molecular weight is 241 g/mol. The first-order valence-electron chi connectivity index (χ1n) is 5.65. The van der Waals surface area contributed by atoms with E-state index in [1.165, 1.54) is 0 Å². The van der Waals surface area contributed by atoms with Crippen LogP contribution < -0.4 is 4.74 Å². The van der Waals surface area contributed by atoms with E-state index in [1.807, 2.05) is 30.3 Å². The average Bonchev–Trinajstić information content (AvgIpc) is 2.47. The second-order valence-corrected chi connectivity index (χ2v) is 3.97. The van der Waals surface area contributed by atoms with Crippen LogP contribution in [0.15, 0.2) is 42.5 Å². The number of ether oxygens (including phenoxy) is 2. The molecule has 1 aromatic heterocycles. The number of fused-ring (bicyclic) bond motifs is 1. The lowest BCUT2D eigenvalue weighted by Gasteiger charge is -2.25. The highest BCUT2D eigenvalue weighted by molar-refractivity contribution is 5.72. The molecule has 4 nitrogen and oxygen atoms in total. The highest BCUT2D eigenvalue weighted by Crippen LogP contribution is 2.31. The molecule has 2 heterocycles. The molecule has 0 spiro atoms. The lowest BCUT2D eigenvalue weighted by molar-refractivity contribution is -0.113. The molecular formula is C14H11NO3. The van der Waals surface area contributed by atoms with Crippen molar-refractivity contribution in [3.8, 4) is 5.75 Å². The van der Waals surface area contributed by atoms with Crippen molar-refractivity contribution in [2.45, 2.75) is 12.9 Å². The van der Waals surface area contributed by atoms with Gasteiger partial charge < -0.3 is 9.47 Å². The first-order chi connectivity index (χ1) is 8.86. The number of nitrogens with zero attached hydrogens (tertiary/aromatic N) is 1. The minimum absolute atomic E-state index is 0.344.